The molecule has 0 saturated heterocycles. The van der Waals surface area contributed by atoms with E-state index in [4.69, 9.17) is 4.74 Å². The van der Waals surface area contributed by atoms with E-state index in [0.29, 0.717) is 13.0 Å². The molecule has 1 aliphatic heterocycles. The van der Waals surface area contributed by atoms with Crippen molar-refractivity contribution in [3.63, 3.8) is 0 Å². The summed E-state index contributed by atoms with van der Waals surface area (Å²) in [6, 6.07) is 6.09. The number of nitrogens with zero attached hydrogens (tertiary/aromatic N) is 1. The number of fused-ring (bicyclic) bond motifs is 1. The van der Waals surface area contributed by atoms with Gasteiger partial charge in [0.1, 0.15) is 5.75 Å². The van der Waals surface area contributed by atoms with Crippen LogP contribution >= 0.6 is 11.8 Å². The molecule has 3 nitrogen and oxygen atoms in total. The number of amides is 1. The van der Waals surface area contributed by atoms with E-state index in [1.165, 1.54) is 10.5 Å². The molecule has 2 rings (SSSR count). The number of hydrogen-bond acceptors (Lipinski definition) is 3. The summed E-state index contributed by atoms with van der Waals surface area (Å²) in [5.74, 6) is 2.04. The van der Waals surface area contributed by atoms with Gasteiger partial charge in [-0.2, -0.15) is 0 Å². The van der Waals surface area contributed by atoms with Gasteiger partial charge < -0.3 is 9.64 Å². The molecule has 1 heterocycles. The summed E-state index contributed by atoms with van der Waals surface area (Å²) in [6.45, 7) is 3.44. The number of thioether (sulfide) groups is 1. The molecule has 0 fully saturated rings. The summed E-state index contributed by atoms with van der Waals surface area (Å²) in [6.07, 6.45) is 0.573. The van der Waals surface area contributed by atoms with Gasteiger partial charge in [-0.3, -0.25) is 4.79 Å². The standard InChI is InChI=1S/C13H17NO2S/c1-3-13(15)14-6-7-17-12-5-4-11(16-2)8-10(12)9-14/h4-5,8H,3,6-7,9H2,1-2H3. The van der Waals surface area contributed by atoms with Crippen molar-refractivity contribution in [2.45, 2.75) is 24.8 Å². The lowest BCUT2D eigenvalue weighted by atomic mass is 10.2. The molecule has 0 atom stereocenters. The summed E-state index contributed by atoms with van der Waals surface area (Å²) < 4.78 is 5.23. The van der Waals surface area contributed by atoms with Crippen LogP contribution in [0.5, 0.6) is 5.75 Å². The molecule has 92 valence electrons. The average molecular weight is 251 g/mol. The highest BCUT2D eigenvalue weighted by Crippen LogP contribution is 2.30. The Hall–Kier alpha value is -1.16. The first-order valence-electron chi connectivity index (χ1n) is 5.82. The maximum absolute atomic E-state index is 11.8. The van der Waals surface area contributed by atoms with Crippen LogP contribution in [0, 0.1) is 0 Å². The van der Waals surface area contributed by atoms with Crippen molar-refractivity contribution in [2.75, 3.05) is 19.4 Å². The van der Waals surface area contributed by atoms with Crippen molar-refractivity contribution in [1.82, 2.24) is 4.90 Å². The van der Waals surface area contributed by atoms with E-state index in [-0.39, 0.29) is 5.91 Å². The third kappa shape index (κ3) is 2.75. The lowest BCUT2D eigenvalue weighted by Crippen LogP contribution is -2.30. The lowest BCUT2D eigenvalue weighted by molar-refractivity contribution is -0.131. The Morgan fingerprint density at radius 1 is 1.53 bits per heavy atom. The zero-order chi connectivity index (χ0) is 12.3. The lowest BCUT2D eigenvalue weighted by Gasteiger charge is -2.19. The van der Waals surface area contributed by atoms with E-state index in [0.717, 1.165) is 18.0 Å². The van der Waals surface area contributed by atoms with Crippen molar-refractivity contribution < 1.29 is 9.53 Å². The number of methoxy groups -OCH3 is 1. The predicted octanol–water partition coefficient (Wildman–Crippen LogP) is 2.54. The number of carbonyl (C=O) groups excluding carboxylic acids is 1. The van der Waals surface area contributed by atoms with Gasteiger partial charge in [-0.15, -0.1) is 11.8 Å². The van der Waals surface area contributed by atoms with Crippen molar-refractivity contribution in [3.8, 4) is 5.75 Å². The van der Waals surface area contributed by atoms with Crippen molar-refractivity contribution in [2.24, 2.45) is 0 Å². The van der Waals surface area contributed by atoms with Gasteiger partial charge in [0.2, 0.25) is 5.91 Å². The zero-order valence-electron chi connectivity index (χ0n) is 10.2. The van der Waals surface area contributed by atoms with Gasteiger partial charge in [0.15, 0.2) is 0 Å². The van der Waals surface area contributed by atoms with Crippen molar-refractivity contribution in [1.29, 1.82) is 0 Å². The number of benzene rings is 1. The average Bonchev–Trinajstić information content (AvgIpc) is 2.58. The van der Waals surface area contributed by atoms with Crippen LogP contribution in [0.2, 0.25) is 0 Å². The highest BCUT2D eigenvalue weighted by molar-refractivity contribution is 7.99. The second-order valence-electron chi connectivity index (χ2n) is 3.99. The molecule has 0 aromatic heterocycles. The minimum atomic E-state index is 0.223. The molecule has 1 aliphatic rings. The molecule has 0 aliphatic carbocycles. The molecule has 0 spiro atoms. The summed E-state index contributed by atoms with van der Waals surface area (Å²) >= 11 is 1.81. The second-order valence-corrected chi connectivity index (χ2v) is 5.13. The molecule has 0 radical (unpaired) electrons. The number of carbonyl (C=O) groups is 1. The third-order valence-electron chi connectivity index (χ3n) is 2.90. The summed E-state index contributed by atoms with van der Waals surface area (Å²) in [7, 11) is 1.67. The monoisotopic (exact) mass is 251 g/mol. The molecular weight excluding hydrogens is 234 g/mol. The SMILES string of the molecule is CCC(=O)N1CCSc2ccc(OC)cc2C1. The fourth-order valence-corrected chi connectivity index (χ4v) is 2.94. The quantitative estimate of drug-likeness (QED) is 0.809. The van der Waals surface area contributed by atoms with Crippen LogP contribution < -0.4 is 4.74 Å². The Morgan fingerprint density at radius 2 is 2.35 bits per heavy atom. The minimum absolute atomic E-state index is 0.223. The summed E-state index contributed by atoms with van der Waals surface area (Å²) in [4.78, 5) is 15.0. The second kappa shape index (κ2) is 5.45. The number of hydrogen-bond donors (Lipinski definition) is 0. The largest absolute Gasteiger partial charge is 0.497 e. The van der Waals surface area contributed by atoms with Crippen LogP contribution in [-0.4, -0.2) is 30.2 Å². The first-order valence-corrected chi connectivity index (χ1v) is 6.80. The molecule has 0 N–H and O–H groups in total. The fraction of sp³-hybridized carbons (Fsp3) is 0.462. The Balaban J connectivity index is 2.25. The molecule has 1 amide bonds. The summed E-state index contributed by atoms with van der Waals surface area (Å²) in [5, 5.41) is 0. The van der Waals surface area contributed by atoms with E-state index < -0.39 is 0 Å². The molecule has 1 aromatic rings. The van der Waals surface area contributed by atoms with Crippen molar-refractivity contribution >= 4 is 17.7 Å². The van der Waals surface area contributed by atoms with Crippen molar-refractivity contribution in [3.05, 3.63) is 23.8 Å². The minimum Gasteiger partial charge on any atom is -0.497 e. The normalized spacial score (nSPS) is 15.1. The van der Waals surface area contributed by atoms with Gasteiger partial charge in [0, 0.05) is 30.2 Å². The van der Waals surface area contributed by atoms with Gasteiger partial charge >= 0.3 is 0 Å². The Morgan fingerprint density at radius 3 is 3.06 bits per heavy atom. The van der Waals surface area contributed by atoms with Crippen LogP contribution in [0.25, 0.3) is 0 Å². The fourth-order valence-electron chi connectivity index (χ4n) is 1.93. The van der Waals surface area contributed by atoms with Crippen LogP contribution in [0.15, 0.2) is 23.1 Å². The molecule has 17 heavy (non-hydrogen) atoms. The first kappa shape index (κ1) is 12.3. The molecule has 0 bridgehead atoms. The molecule has 0 saturated carbocycles. The molecular formula is C13H17NO2S. The Bertz CT molecular complexity index is 420. The topological polar surface area (TPSA) is 29.5 Å². The van der Waals surface area contributed by atoms with Gasteiger partial charge in [-0.05, 0) is 23.8 Å². The van der Waals surface area contributed by atoms with E-state index >= 15 is 0 Å². The predicted molar refractivity (Wildman–Crippen MR) is 69.4 cm³/mol. The van der Waals surface area contributed by atoms with Crippen LogP contribution in [-0.2, 0) is 11.3 Å². The highest BCUT2D eigenvalue weighted by atomic mass is 32.2. The summed E-state index contributed by atoms with van der Waals surface area (Å²) in [5.41, 5.74) is 1.19. The molecule has 4 heteroatoms. The smallest absolute Gasteiger partial charge is 0.222 e. The maximum Gasteiger partial charge on any atom is 0.222 e. The highest BCUT2D eigenvalue weighted by Gasteiger charge is 2.18. The zero-order valence-corrected chi connectivity index (χ0v) is 11.0. The third-order valence-corrected chi connectivity index (χ3v) is 4.00. The number of ether oxygens (including phenoxy) is 1. The maximum atomic E-state index is 11.8. The first-order chi connectivity index (χ1) is 8.24. The van der Waals surface area contributed by atoms with Gasteiger partial charge in [0.25, 0.3) is 0 Å². The van der Waals surface area contributed by atoms with Crippen LogP contribution in [0.3, 0.4) is 0 Å². The van der Waals surface area contributed by atoms with E-state index in [9.17, 15) is 4.79 Å². The van der Waals surface area contributed by atoms with E-state index in [1.807, 2.05) is 35.7 Å². The van der Waals surface area contributed by atoms with E-state index in [1.54, 1.807) is 7.11 Å². The molecule has 1 aromatic carbocycles. The number of rotatable bonds is 2. The van der Waals surface area contributed by atoms with Crippen LogP contribution in [0.1, 0.15) is 18.9 Å². The van der Waals surface area contributed by atoms with Gasteiger partial charge in [-0.25, -0.2) is 0 Å². The van der Waals surface area contributed by atoms with Gasteiger partial charge in [0.05, 0.1) is 7.11 Å². The Kier molecular flexibility index (Phi) is 3.94. The Labute approximate surface area is 106 Å². The van der Waals surface area contributed by atoms with Crippen LogP contribution in [0.4, 0.5) is 0 Å². The van der Waals surface area contributed by atoms with E-state index in [2.05, 4.69) is 6.07 Å². The van der Waals surface area contributed by atoms with Gasteiger partial charge in [-0.1, -0.05) is 6.92 Å². The molecule has 0 unspecified atom stereocenters.